The van der Waals surface area contributed by atoms with E-state index in [1.807, 2.05) is 24.3 Å². The van der Waals surface area contributed by atoms with Crippen molar-refractivity contribution in [3.8, 4) is 0 Å². The number of aromatic carboxylic acids is 1. The number of carboxylic acids is 2. The molecule has 2 N–H and O–H groups in total. The Morgan fingerprint density at radius 1 is 0.771 bits per heavy atom. The van der Waals surface area contributed by atoms with Crippen LogP contribution in [-0.2, 0) is 15.6 Å². The normalized spacial score (nSPS) is 18.7. The summed E-state index contributed by atoms with van der Waals surface area (Å²) in [5, 5.41) is 17.7. The van der Waals surface area contributed by atoms with E-state index in [1.165, 1.54) is 66.0 Å². The zero-order chi connectivity index (χ0) is 36.0. The topological polar surface area (TPSA) is 74.6 Å². The van der Waals surface area contributed by atoms with Gasteiger partial charge in [0, 0.05) is 6.08 Å². The van der Waals surface area contributed by atoms with Crippen LogP contribution >= 0.6 is 0 Å². The van der Waals surface area contributed by atoms with Crippen molar-refractivity contribution in [1.29, 1.82) is 0 Å². The van der Waals surface area contributed by atoms with Gasteiger partial charge >= 0.3 is 11.9 Å². The molecule has 4 heteroatoms. The molecule has 2 aromatic carbocycles. The van der Waals surface area contributed by atoms with Gasteiger partial charge in [-0.05, 0) is 133 Å². The number of carboxylic acid groups (broad SMARTS) is 2. The van der Waals surface area contributed by atoms with Crippen molar-refractivity contribution in [2.75, 3.05) is 0 Å². The van der Waals surface area contributed by atoms with Gasteiger partial charge in [0.2, 0.25) is 0 Å². The van der Waals surface area contributed by atoms with Gasteiger partial charge in [0.05, 0.1) is 5.56 Å². The smallest absolute Gasteiger partial charge is 0.335 e. The lowest BCUT2D eigenvalue weighted by atomic mass is 9.62. The summed E-state index contributed by atoms with van der Waals surface area (Å²) in [7, 11) is 0. The van der Waals surface area contributed by atoms with E-state index in [1.54, 1.807) is 25.1 Å². The Morgan fingerprint density at radius 2 is 1.33 bits per heavy atom. The van der Waals surface area contributed by atoms with Gasteiger partial charge in [-0.25, -0.2) is 9.59 Å². The van der Waals surface area contributed by atoms with E-state index in [-0.39, 0.29) is 16.2 Å². The van der Waals surface area contributed by atoms with Crippen LogP contribution in [0.2, 0.25) is 0 Å². The lowest BCUT2D eigenvalue weighted by Crippen LogP contribution is -2.34. The highest BCUT2D eigenvalue weighted by Crippen LogP contribution is 2.47. The van der Waals surface area contributed by atoms with E-state index in [9.17, 15) is 9.59 Å². The van der Waals surface area contributed by atoms with Crippen molar-refractivity contribution in [1.82, 2.24) is 0 Å². The van der Waals surface area contributed by atoms with Gasteiger partial charge < -0.3 is 10.2 Å². The number of fused-ring (bicyclic) bond motifs is 1. The SMILES string of the molecule is C=C(c1ccc(C(=O)O)cc1)c1cc2c(cc1C)C(C)(C)CCC2(C)C.CC1=C(/C=C/C(C)=C/C=C/C(C)=C/C(=O)O)C(C)(C)CCC1. The van der Waals surface area contributed by atoms with Gasteiger partial charge in [-0.15, -0.1) is 0 Å². The van der Waals surface area contributed by atoms with Crippen LogP contribution in [0.25, 0.3) is 5.57 Å². The van der Waals surface area contributed by atoms with E-state index in [0.717, 1.165) is 27.8 Å². The second-order valence-corrected chi connectivity index (χ2v) is 15.6. The molecule has 0 fully saturated rings. The molecule has 2 aliphatic carbocycles. The minimum atomic E-state index is -0.912. The lowest BCUT2D eigenvalue weighted by molar-refractivity contribution is -0.131. The molecule has 0 amide bonds. The third-order valence-corrected chi connectivity index (χ3v) is 10.1. The number of carbonyl (C=O) groups is 2. The van der Waals surface area contributed by atoms with Crippen LogP contribution in [0.3, 0.4) is 0 Å². The molecule has 0 saturated heterocycles. The Labute approximate surface area is 289 Å². The molecule has 0 saturated carbocycles. The standard InChI is InChI=1S/C24H28O2.C20H28O2/c1-15-13-20-21(24(5,6)12-11-23(20,3)4)14-19(15)16(2)17-7-9-18(10-8-17)22(25)26;1-15(8-6-9-16(2)14-19(21)22)11-12-18-17(3)10-7-13-20(18,4)5/h7-10,13-14H,2,11-12H2,1,3-6H3,(H,25,26);6,8-9,11-12,14H,7,10,13H2,1-5H3,(H,21,22)/b;9-6+,12-11+,15-8+,16-14+. The first kappa shape index (κ1) is 38.3. The highest BCUT2D eigenvalue weighted by atomic mass is 16.4. The van der Waals surface area contributed by atoms with E-state index in [0.29, 0.717) is 5.56 Å². The molecule has 0 aromatic heterocycles. The maximum Gasteiger partial charge on any atom is 0.335 e. The number of aliphatic carboxylic acids is 1. The van der Waals surface area contributed by atoms with Crippen LogP contribution in [0, 0.1) is 12.3 Å². The van der Waals surface area contributed by atoms with Crippen LogP contribution in [-0.4, -0.2) is 22.2 Å². The molecule has 0 heterocycles. The molecule has 256 valence electrons. The van der Waals surface area contributed by atoms with Crippen LogP contribution in [0.4, 0.5) is 0 Å². The van der Waals surface area contributed by atoms with Crippen molar-refractivity contribution in [3.05, 3.63) is 135 Å². The fourth-order valence-corrected chi connectivity index (χ4v) is 6.89. The van der Waals surface area contributed by atoms with Crippen molar-refractivity contribution >= 4 is 17.5 Å². The van der Waals surface area contributed by atoms with E-state index < -0.39 is 11.9 Å². The Hall–Kier alpha value is -4.18. The average molecular weight is 649 g/mol. The maximum atomic E-state index is 11.1. The highest BCUT2D eigenvalue weighted by Gasteiger charge is 2.37. The van der Waals surface area contributed by atoms with Gasteiger partial charge in [-0.2, -0.15) is 0 Å². The Kier molecular flexibility index (Phi) is 12.2. The van der Waals surface area contributed by atoms with E-state index in [2.05, 4.69) is 93.2 Å². The molecule has 4 nitrogen and oxygen atoms in total. The average Bonchev–Trinajstić information content (AvgIpc) is 2.98. The lowest BCUT2D eigenvalue weighted by Gasteiger charge is -2.42. The number of allylic oxidation sites excluding steroid dienone is 9. The monoisotopic (exact) mass is 648 g/mol. The summed E-state index contributed by atoms with van der Waals surface area (Å²) in [5.74, 6) is -1.82. The second-order valence-electron chi connectivity index (χ2n) is 15.6. The van der Waals surface area contributed by atoms with Gasteiger partial charge in [0.25, 0.3) is 0 Å². The number of rotatable bonds is 8. The highest BCUT2D eigenvalue weighted by molar-refractivity contribution is 5.89. The molecule has 0 unspecified atom stereocenters. The van der Waals surface area contributed by atoms with Gasteiger partial charge in [0.1, 0.15) is 0 Å². The first-order valence-corrected chi connectivity index (χ1v) is 17.1. The largest absolute Gasteiger partial charge is 0.478 e. The van der Waals surface area contributed by atoms with Crippen molar-refractivity contribution in [2.45, 2.75) is 112 Å². The molecule has 0 spiro atoms. The predicted molar refractivity (Wildman–Crippen MR) is 202 cm³/mol. The first-order chi connectivity index (χ1) is 22.2. The summed E-state index contributed by atoms with van der Waals surface area (Å²) in [6.45, 7) is 26.5. The number of aryl methyl sites for hydroxylation is 1. The van der Waals surface area contributed by atoms with Crippen LogP contribution < -0.4 is 0 Å². The summed E-state index contributed by atoms with van der Waals surface area (Å²) < 4.78 is 0. The van der Waals surface area contributed by atoms with Crippen molar-refractivity contribution < 1.29 is 19.8 Å². The summed E-state index contributed by atoms with van der Waals surface area (Å²) >= 11 is 0. The number of hydrogen-bond donors (Lipinski definition) is 2. The zero-order valence-corrected chi connectivity index (χ0v) is 30.9. The Bertz CT molecular complexity index is 1700. The van der Waals surface area contributed by atoms with Gasteiger partial charge in [-0.3, -0.25) is 0 Å². The van der Waals surface area contributed by atoms with Crippen LogP contribution in [0.5, 0.6) is 0 Å². The summed E-state index contributed by atoms with van der Waals surface area (Å²) in [6, 6.07) is 11.6. The first-order valence-electron chi connectivity index (χ1n) is 17.1. The number of hydrogen-bond acceptors (Lipinski definition) is 2. The molecular weight excluding hydrogens is 592 g/mol. The minimum Gasteiger partial charge on any atom is -0.478 e. The maximum absolute atomic E-state index is 11.1. The van der Waals surface area contributed by atoms with Crippen molar-refractivity contribution in [2.24, 2.45) is 5.41 Å². The molecule has 2 aliphatic rings. The summed E-state index contributed by atoms with van der Waals surface area (Å²) in [4.78, 5) is 21.6. The molecule has 4 rings (SSSR count). The molecule has 0 bridgehead atoms. The zero-order valence-electron chi connectivity index (χ0n) is 30.9. The van der Waals surface area contributed by atoms with Crippen molar-refractivity contribution in [3.63, 3.8) is 0 Å². The summed E-state index contributed by atoms with van der Waals surface area (Å²) in [5.41, 5.74) is 12.9. The van der Waals surface area contributed by atoms with Crippen LogP contribution in [0.15, 0.2) is 102 Å². The third-order valence-electron chi connectivity index (χ3n) is 10.1. The minimum absolute atomic E-state index is 0.154. The molecule has 2 aromatic rings. The Morgan fingerprint density at radius 3 is 1.88 bits per heavy atom. The Balaban J connectivity index is 0.000000265. The fraction of sp³-hybridized carbons (Fsp3) is 0.409. The van der Waals surface area contributed by atoms with E-state index in [4.69, 9.17) is 10.2 Å². The van der Waals surface area contributed by atoms with Gasteiger partial charge in [0.15, 0.2) is 0 Å². The predicted octanol–water partition coefficient (Wildman–Crippen LogP) is 11.7. The molecule has 0 aliphatic heterocycles. The molecule has 48 heavy (non-hydrogen) atoms. The summed E-state index contributed by atoms with van der Waals surface area (Å²) in [6.07, 6.45) is 17.4. The molecular formula is C44H56O4. The van der Waals surface area contributed by atoms with Gasteiger partial charge in [-0.1, -0.05) is 114 Å². The second kappa shape index (κ2) is 15.4. The third kappa shape index (κ3) is 9.69. The van der Waals surface area contributed by atoms with E-state index >= 15 is 0 Å². The number of benzene rings is 2. The molecule has 0 radical (unpaired) electrons. The quantitative estimate of drug-likeness (QED) is 0.221. The van der Waals surface area contributed by atoms with Crippen LogP contribution in [0.1, 0.15) is 133 Å². The molecule has 0 atom stereocenters. The fourth-order valence-electron chi connectivity index (χ4n) is 6.89.